The second kappa shape index (κ2) is 8.14. The molecule has 28 heavy (non-hydrogen) atoms. The lowest BCUT2D eigenvalue weighted by atomic mass is 10.2. The van der Waals surface area contributed by atoms with Crippen LogP contribution >= 0.6 is 11.8 Å². The number of hydrogen-bond acceptors (Lipinski definition) is 6. The number of thioether (sulfide) groups is 1. The van der Waals surface area contributed by atoms with E-state index in [-0.39, 0.29) is 18.6 Å². The third-order valence-corrected chi connectivity index (χ3v) is 5.86. The van der Waals surface area contributed by atoms with Crippen LogP contribution in [0.5, 0.6) is 17.2 Å². The molecule has 0 radical (unpaired) electrons. The Bertz CT molecular complexity index is 884. The molecule has 0 saturated carbocycles. The van der Waals surface area contributed by atoms with Gasteiger partial charge in [0.05, 0.1) is 12.8 Å². The molecule has 0 N–H and O–H groups in total. The van der Waals surface area contributed by atoms with Crippen LogP contribution in [0.3, 0.4) is 0 Å². The molecule has 1 fully saturated rings. The molecule has 7 heteroatoms. The second-order valence-corrected chi connectivity index (χ2v) is 7.53. The first kappa shape index (κ1) is 18.7. The van der Waals surface area contributed by atoms with E-state index in [1.807, 2.05) is 48.5 Å². The van der Waals surface area contributed by atoms with Crippen molar-refractivity contribution in [3.63, 3.8) is 0 Å². The summed E-state index contributed by atoms with van der Waals surface area (Å²) < 4.78 is 16.9. The van der Waals surface area contributed by atoms with E-state index in [2.05, 4.69) is 6.92 Å². The van der Waals surface area contributed by atoms with E-state index < -0.39 is 6.10 Å². The average molecular weight is 398 g/mol. The van der Waals surface area contributed by atoms with E-state index in [4.69, 9.17) is 19.2 Å². The number of fused-ring (bicyclic) bond motifs is 1. The summed E-state index contributed by atoms with van der Waals surface area (Å²) in [6.07, 6.45) is 0.175. The molecule has 6 nitrogen and oxygen atoms in total. The minimum absolute atomic E-state index is 0.0928. The number of benzene rings is 2. The molecule has 0 unspecified atom stereocenters. The van der Waals surface area contributed by atoms with Crippen LogP contribution in [-0.2, 0) is 4.79 Å². The highest BCUT2D eigenvalue weighted by molar-refractivity contribution is 8.14. The van der Waals surface area contributed by atoms with Gasteiger partial charge in [-0.05, 0) is 42.8 Å². The number of hydrogen-bond donors (Lipinski definition) is 0. The van der Waals surface area contributed by atoms with Crippen molar-refractivity contribution in [1.82, 2.24) is 4.90 Å². The number of amides is 1. The summed E-state index contributed by atoms with van der Waals surface area (Å²) in [6, 6.07) is 15.0. The Morgan fingerprint density at radius 3 is 2.68 bits per heavy atom. The highest BCUT2D eigenvalue weighted by Crippen LogP contribution is 2.34. The zero-order valence-electron chi connectivity index (χ0n) is 15.8. The molecule has 2 aliphatic rings. The summed E-state index contributed by atoms with van der Waals surface area (Å²) in [5, 5.41) is 0.699. The van der Waals surface area contributed by atoms with Gasteiger partial charge in [-0.15, -0.1) is 0 Å². The minimum atomic E-state index is -0.677. The number of rotatable bonds is 4. The van der Waals surface area contributed by atoms with Gasteiger partial charge in [-0.25, -0.2) is 4.99 Å². The van der Waals surface area contributed by atoms with Crippen LogP contribution < -0.4 is 14.2 Å². The molecule has 0 spiro atoms. The molecule has 2 aromatic carbocycles. The lowest BCUT2D eigenvalue weighted by molar-refractivity contribution is -0.138. The Balaban J connectivity index is 1.57. The van der Waals surface area contributed by atoms with Crippen LogP contribution in [-0.4, -0.2) is 47.6 Å². The summed E-state index contributed by atoms with van der Waals surface area (Å²) in [6.45, 7) is 2.28. The van der Waals surface area contributed by atoms with Gasteiger partial charge in [-0.3, -0.25) is 9.69 Å². The average Bonchev–Trinajstić information content (AvgIpc) is 3.16. The SMILES string of the molecule is CC[C@@H]1CSC(=Nc2ccc(OC)cc2)N1C(=O)[C@@H]1COc2ccccc2O1. The fraction of sp³-hybridized carbons (Fsp3) is 0.333. The lowest BCUT2D eigenvalue weighted by Gasteiger charge is -2.31. The van der Waals surface area contributed by atoms with Crippen molar-refractivity contribution >= 4 is 28.5 Å². The first-order valence-corrected chi connectivity index (χ1v) is 10.2. The molecule has 2 aromatic rings. The van der Waals surface area contributed by atoms with Gasteiger partial charge in [-0.2, -0.15) is 0 Å². The van der Waals surface area contributed by atoms with Gasteiger partial charge in [0.15, 0.2) is 16.7 Å². The van der Waals surface area contributed by atoms with Crippen LogP contribution in [0, 0.1) is 0 Å². The van der Waals surface area contributed by atoms with Crippen molar-refractivity contribution in [2.24, 2.45) is 4.99 Å². The van der Waals surface area contributed by atoms with Crippen LogP contribution in [0.4, 0.5) is 5.69 Å². The lowest BCUT2D eigenvalue weighted by Crippen LogP contribution is -2.49. The Hall–Kier alpha value is -2.67. The fourth-order valence-electron chi connectivity index (χ4n) is 3.20. The number of para-hydroxylation sites is 2. The van der Waals surface area contributed by atoms with E-state index in [0.29, 0.717) is 16.7 Å². The van der Waals surface area contributed by atoms with Crippen molar-refractivity contribution < 1.29 is 19.0 Å². The quantitative estimate of drug-likeness (QED) is 0.782. The normalized spacial score (nSPS) is 22.4. The first-order valence-electron chi connectivity index (χ1n) is 9.26. The second-order valence-electron chi connectivity index (χ2n) is 6.54. The monoisotopic (exact) mass is 398 g/mol. The van der Waals surface area contributed by atoms with Gasteiger partial charge in [0, 0.05) is 11.8 Å². The van der Waals surface area contributed by atoms with Gasteiger partial charge < -0.3 is 14.2 Å². The van der Waals surface area contributed by atoms with E-state index in [9.17, 15) is 4.79 Å². The molecule has 2 atom stereocenters. The van der Waals surface area contributed by atoms with Gasteiger partial charge in [0.25, 0.3) is 5.91 Å². The number of methoxy groups -OCH3 is 1. The van der Waals surface area contributed by atoms with E-state index in [1.54, 1.807) is 23.8 Å². The van der Waals surface area contributed by atoms with Crippen molar-refractivity contribution in [3.05, 3.63) is 48.5 Å². The van der Waals surface area contributed by atoms with Crippen molar-refractivity contribution in [1.29, 1.82) is 0 Å². The van der Waals surface area contributed by atoms with Crippen LogP contribution in [0.15, 0.2) is 53.5 Å². The number of ether oxygens (including phenoxy) is 3. The number of amidine groups is 1. The Labute approximate surface area is 168 Å². The van der Waals surface area contributed by atoms with Crippen molar-refractivity contribution in [2.75, 3.05) is 19.5 Å². The van der Waals surface area contributed by atoms with Gasteiger partial charge in [-0.1, -0.05) is 30.8 Å². The molecule has 4 rings (SSSR count). The van der Waals surface area contributed by atoms with Gasteiger partial charge in [0.1, 0.15) is 12.4 Å². The van der Waals surface area contributed by atoms with Gasteiger partial charge >= 0.3 is 0 Å². The zero-order chi connectivity index (χ0) is 19.5. The molecular formula is C21H22N2O4S. The Morgan fingerprint density at radius 1 is 1.21 bits per heavy atom. The molecular weight excluding hydrogens is 376 g/mol. The summed E-state index contributed by atoms with van der Waals surface area (Å²) in [7, 11) is 1.63. The third-order valence-electron chi connectivity index (χ3n) is 4.77. The van der Waals surface area contributed by atoms with Crippen LogP contribution in [0.2, 0.25) is 0 Å². The summed E-state index contributed by atoms with van der Waals surface area (Å²) >= 11 is 1.59. The Kier molecular flexibility index (Phi) is 5.43. The Morgan fingerprint density at radius 2 is 1.96 bits per heavy atom. The highest BCUT2D eigenvalue weighted by Gasteiger charge is 2.40. The summed E-state index contributed by atoms with van der Waals surface area (Å²) in [5.74, 6) is 2.75. The molecule has 146 valence electrons. The van der Waals surface area contributed by atoms with Crippen molar-refractivity contribution in [2.45, 2.75) is 25.5 Å². The van der Waals surface area contributed by atoms with Crippen LogP contribution in [0.25, 0.3) is 0 Å². The van der Waals surface area contributed by atoms with Crippen LogP contribution in [0.1, 0.15) is 13.3 Å². The highest BCUT2D eigenvalue weighted by atomic mass is 32.2. The number of carbonyl (C=O) groups is 1. The number of nitrogens with zero attached hydrogens (tertiary/aromatic N) is 2. The maximum absolute atomic E-state index is 13.3. The topological polar surface area (TPSA) is 60.4 Å². The molecule has 0 bridgehead atoms. The summed E-state index contributed by atoms with van der Waals surface area (Å²) in [4.78, 5) is 19.8. The largest absolute Gasteiger partial charge is 0.497 e. The molecule has 0 aliphatic carbocycles. The third kappa shape index (κ3) is 3.67. The van der Waals surface area contributed by atoms with E-state index in [1.165, 1.54) is 0 Å². The van der Waals surface area contributed by atoms with Crippen molar-refractivity contribution in [3.8, 4) is 17.2 Å². The smallest absolute Gasteiger partial charge is 0.273 e. The maximum atomic E-state index is 13.3. The predicted octanol–water partition coefficient (Wildman–Crippen LogP) is 3.88. The molecule has 2 heterocycles. The molecule has 1 amide bonds. The summed E-state index contributed by atoms with van der Waals surface area (Å²) in [5.41, 5.74) is 0.781. The molecule has 2 aliphatic heterocycles. The van der Waals surface area contributed by atoms with Gasteiger partial charge in [0.2, 0.25) is 6.10 Å². The standard InChI is InChI=1S/C21H22N2O4S/c1-3-15-13-28-21(22-14-8-10-16(25-2)11-9-14)23(15)20(24)19-12-26-17-6-4-5-7-18(17)27-19/h4-11,15,19H,3,12-13H2,1-2H3/t15-,19+/m1/s1. The first-order chi connectivity index (χ1) is 13.7. The minimum Gasteiger partial charge on any atom is -0.497 e. The zero-order valence-corrected chi connectivity index (χ0v) is 16.6. The fourth-order valence-corrected chi connectivity index (χ4v) is 4.47. The number of carbonyl (C=O) groups excluding carboxylic acids is 1. The van der Waals surface area contributed by atoms with E-state index in [0.717, 1.165) is 23.6 Å². The molecule has 1 saturated heterocycles. The van der Waals surface area contributed by atoms with E-state index >= 15 is 0 Å². The maximum Gasteiger partial charge on any atom is 0.273 e. The number of aliphatic imine (C=N–C) groups is 1. The molecule has 0 aromatic heterocycles. The predicted molar refractivity (Wildman–Crippen MR) is 110 cm³/mol.